The summed E-state index contributed by atoms with van der Waals surface area (Å²) in [6.07, 6.45) is 4.47. The van der Waals surface area contributed by atoms with Gasteiger partial charge in [-0.15, -0.1) is 0 Å². The molecule has 0 aliphatic carbocycles. The van der Waals surface area contributed by atoms with Crippen LogP contribution in [0.25, 0.3) is 11.1 Å². The standard InChI is InChI=1S/C20H18NO/c1-16-7-8-20(19(15-16)18-9-12-21-13-10-18)22-14-11-17-5-3-2-4-6-17/h2-10,12-13,15H,1,11,14H2. The maximum Gasteiger partial charge on any atom is 0.127 e. The number of pyridine rings is 1. The first-order chi connectivity index (χ1) is 10.8. The highest BCUT2D eigenvalue weighted by Crippen LogP contribution is 2.30. The van der Waals surface area contributed by atoms with Crippen molar-refractivity contribution in [1.82, 2.24) is 4.98 Å². The van der Waals surface area contributed by atoms with Crippen molar-refractivity contribution in [1.29, 1.82) is 0 Å². The van der Waals surface area contributed by atoms with Crippen LogP contribution in [0.2, 0.25) is 0 Å². The molecule has 0 N–H and O–H groups in total. The monoisotopic (exact) mass is 288 g/mol. The number of hydrogen-bond acceptors (Lipinski definition) is 2. The first-order valence-corrected chi connectivity index (χ1v) is 7.36. The third-order valence-corrected chi connectivity index (χ3v) is 3.53. The highest BCUT2D eigenvalue weighted by atomic mass is 16.5. The van der Waals surface area contributed by atoms with E-state index < -0.39 is 0 Å². The van der Waals surface area contributed by atoms with Crippen LogP contribution in [0, 0.1) is 6.92 Å². The van der Waals surface area contributed by atoms with E-state index in [0.29, 0.717) is 6.61 Å². The van der Waals surface area contributed by atoms with Crippen molar-refractivity contribution in [2.75, 3.05) is 6.61 Å². The molecule has 1 heterocycles. The van der Waals surface area contributed by atoms with Crippen molar-refractivity contribution in [2.45, 2.75) is 6.42 Å². The van der Waals surface area contributed by atoms with Gasteiger partial charge < -0.3 is 4.74 Å². The predicted octanol–water partition coefficient (Wildman–Crippen LogP) is 4.55. The molecule has 3 aromatic rings. The second-order valence-corrected chi connectivity index (χ2v) is 5.15. The second-order valence-electron chi connectivity index (χ2n) is 5.15. The Morgan fingerprint density at radius 1 is 0.909 bits per heavy atom. The number of benzene rings is 2. The zero-order valence-electron chi connectivity index (χ0n) is 12.4. The molecule has 0 saturated carbocycles. The largest absolute Gasteiger partial charge is 0.493 e. The Hall–Kier alpha value is -2.61. The van der Waals surface area contributed by atoms with Gasteiger partial charge in [-0.2, -0.15) is 0 Å². The number of ether oxygens (including phenoxy) is 1. The van der Waals surface area contributed by atoms with Crippen molar-refractivity contribution in [3.63, 3.8) is 0 Å². The van der Waals surface area contributed by atoms with E-state index in [9.17, 15) is 0 Å². The molecule has 0 unspecified atom stereocenters. The molecule has 0 aliphatic heterocycles. The van der Waals surface area contributed by atoms with E-state index in [-0.39, 0.29) is 0 Å². The molecule has 109 valence electrons. The number of aromatic nitrogens is 1. The third-order valence-electron chi connectivity index (χ3n) is 3.53. The molecule has 2 heteroatoms. The van der Waals surface area contributed by atoms with Crippen LogP contribution in [0.1, 0.15) is 11.1 Å². The van der Waals surface area contributed by atoms with Crippen LogP contribution >= 0.6 is 0 Å². The summed E-state index contributed by atoms with van der Waals surface area (Å²) in [4.78, 5) is 4.07. The van der Waals surface area contributed by atoms with E-state index in [1.165, 1.54) is 5.56 Å². The van der Waals surface area contributed by atoms with Crippen molar-refractivity contribution in [3.05, 3.63) is 91.1 Å². The molecule has 0 fully saturated rings. The van der Waals surface area contributed by atoms with E-state index in [1.807, 2.05) is 36.4 Å². The van der Waals surface area contributed by atoms with Crippen molar-refractivity contribution in [3.8, 4) is 16.9 Å². The lowest BCUT2D eigenvalue weighted by Gasteiger charge is -2.12. The zero-order chi connectivity index (χ0) is 15.2. The maximum atomic E-state index is 6.00. The molecule has 0 atom stereocenters. The van der Waals surface area contributed by atoms with Gasteiger partial charge >= 0.3 is 0 Å². The van der Waals surface area contributed by atoms with Gasteiger partial charge in [0.2, 0.25) is 0 Å². The Morgan fingerprint density at radius 2 is 1.68 bits per heavy atom. The number of rotatable bonds is 5. The molecule has 2 aromatic carbocycles. The van der Waals surface area contributed by atoms with Gasteiger partial charge in [-0.05, 0) is 47.9 Å². The van der Waals surface area contributed by atoms with Gasteiger partial charge in [-0.3, -0.25) is 4.98 Å². The fourth-order valence-corrected chi connectivity index (χ4v) is 2.38. The average Bonchev–Trinajstić information content (AvgIpc) is 2.58. The molecule has 1 radical (unpaired) electrons. The molecule has 3 rings (SSSR count). The van der Waals surface area contributed by atoms with Gasteiger partial charge in [-0.25, -0.2) is 0 Å². The van der Waals surface area contributed by atoms with Crippen LogP contribution in [0.4, 0.5) is 0 Å². The zero-order valence-corrected chi connectivity index (χ0v) is 12.4. The maximum absolute atomic E-state index is 6.00. The minimum Gasteiger partial charge on any atom is -0.493 e. The van der Waals surface area contributed by atoms with E-state index >= 15 is 0 Å². The van der Waals surface area contributed by atoms with Crippen LogP contribution in [-0.2, 0) is 6.42 Å². The minimum atomic E-state index is 0.651. The summed E-state index contributed by atoms with van der Waals surface area (Å²) in [5, 5.41) is 0. The summed E-state index contributed by atoms with van der Waals surface area (Å²) in [7, 11) is 0. The van der Waals surface area contributed by atoms with Crippen LogP contribution in [0.5, 0.6) is 5.75 Å². The smallest absolute Gasteiger partial charge is 0.127 e. The van der Waals surface area contributed by atoms with Crippen LogP contribution in [0.3, 0.4) is 0 Å². The highest BCUT2D eigenvalue weighted by molar-refractivity contribution is 5.71. The Balaban J connectivity index is 1.76. The molecule has 2 nitrogen and oxygen atoms in total. The summed E-state index contributed by atoms with van der Waals surface area (Å²) in [5.41, 5.74) is 4.40. The Bertz CT molecular complexity index is 723. The Kier molecular flexibility index (Phi) is 4.50. The van der Waals surface area contributed by atoms with Gasteiger partial charge in [0.1, 0.15) is 5.75 Å². The molecule has 0 amide bonds. The van der Waals surface area contributed by atoms with Crippen LogP contribution in [-0.4, -0.2) is 11.6 Å². The summed E-state index contributed by atoms with van der Waals surface area (Å²) >= 11 is 0. The normalized spacial score (nSPS) is 10.4. The Morgan fingerprint density at radius 3 is 2.45 bits per heavy atom. The van der Waals surface area contributed by atoms with Crippen molar-refractivity contribution >= 4 is 0 Å². The SMILES string of the molecule is [CH2]c1ccc(OCCc2ccccc2)c(-c2ccncc2)c1. The van der Waals surface area contributed by atoms with Gasteiger partial charge in [-0.1, -0.05) is 36.4 Å². The third kappa shape index (κ3) is 3.53. The van der Waals surface area contributed by atoms with Crippen LogP contribution in [0.15, 0.2) is 73.1 Å². The first-order valence-electron chi connectivity index (χ1n) is 7.36. The highest BCUT2D eigenvalue weighted by Gasteiger charge is 2.07. The summed E-state index contributed by atoms with van der Waals surface area (Å²) in [6, 6.07) is 20.3. The van der Waals surface area contributed by atoms with Gasteiger partial charge in [0.15, 0.2) is 0 Å². The number of nitrogens with zero attached hydrogens (tertiary/aromatic N) is 1. The first kappa shape index (κ1) is 14.3. The molecule has 0 bridgehead atoms. The minimum absolute atomic E-state index is 0.651. The quantitative estimate of drug-likeness (QED) is 0.687. The van der Waals surface area contributed by atoms with Crippen molar-refractivity contribution < 1.29 is 4.74 Å². The topological polar surface area (TPSA) is 22.1 Å². The van der Waals surface area contributed by atoms with Crippen molar-refractivity contribution in [2.24, 2.45) is 0 Å². The van der Waals surface area contributed by atoms with E-state index in [1.54, 1.807) is 12.4 Å². The molecular weight excluding hydrogens is 270 g/mol. The molecule has 22 heavy (non-hydrogen) atoms. The van der Waals surface area contributed by atoms with E-state index in [4.69, 9.17) is 4.74 Å². The predicted molar refractivity (Wildman–Crippen MR) is 89.8 cm³/mol. The molecule has 0 spiro atoms. The molecule has 1 aromatic heterocycles. The summed E-state index contributed by atoms with van der Waals surface area (Å²) in [5.74, 6) is 0.884. The fraction of sp³-hybridized carbons (Fsp3) is 0.100. The lowest BCUT2D eigenvalue weighted by atomic mass is 10.0. The van der Waals surface area contributed by atoms with E-state index in [2.05, 4.69) is 36.2 Å². The average molecular weight is 288 g/mol. The second kappa shape index (κ2) is 6.90. The molecular formula is C20H18NO. The van der Waals surface area contributed by atoms with E-state index in [0.717, 1.165) is 28.9 Å². The fourth-order valence-electron chi connectivity index (χ4n) is 2.38. The van der Waals surface area contributed by atoms with Crippen LogP contribution < -0.4 is 4.74 Å². The number of hydrogen-bond donors (Lipinski definition) is 0. The van der Waals surface area contributed by atoms with Gasteiger partial charge in [0, 0.05) is 24.4 Å². The molecule has 0 aliphatic rings. The molecule has 0 saturated heterocycles. The van der Waals surface area contributed by atoms with Gasteiger partial charge in [0.05, 0.1) is 6.61 Å². The lowest BCUT2D eigenvalue weighted by Crippen LogP contribution is -2.02. The summed E-state index contributed by atoms with van der Waals surface area (Å²) in [6.45, 7) is 4.66. The lowest BCUT2D eigenvalue weighted by molar-refractivity contribution is 0.323. The van der Waals surface area contributed by atoms with Gasteiger partial charge in [0.25, 0.3) is 0 Å². The Labute approximate surface area is 131 Å². The summed E-state index contributed by atoms with van der Waals surface area (Å²) < 4.78 is 6.00.